The Kier molecular flexibility index (Phi) is 24.7. The zero-order valence-electron chi connectivity index (χ0n) is 29.7. The molecule has 0 amide bonds. The molecular weight excluding hydrogens is 630 g/mol. The van der Waals surface area contributed by atoms with Crippen LogP contribution in [0.2, 0.25) is 0 Å². The van der Waals surface area contributed by atoms with E-state index in [1.165, 1.54) is 91.0 Å². The van der Waals surface area contributed by atoms with Crippen LogP contribution in [0.4, 0.5) is 0 Å². The van der Waals surface area contributed by atoms with Crippen LogP contribution in [0.5, 0.6) is 0 Å². The molecule has 1 saturated heterocycles. The maximum absolute atomic E-state index is 12.3. The SMILES string of the molecule is CCCCCCCCOCCN(CCOCCCCCCCC)S[C@@H]1O[C@H](COC(C)=O)[C@@H](OC(C)=O)[C@H](OC(C)=O)[C@H]1OC(C)=O. The summed E-state index contributed by atoms with van der Waals surface area (Å²) in [7, 11) is 0. The van der Waals surface area contributed by atoms with E-state index in [-0.39, 0.29) is 6.61 Å². The second-order valence-corrected chi connectivity index (χ2v) is 13.1. The average molecular weight is 692 g/mol. The maximum Gasteiger partial charge on any atom is 0.303 e. The molecule has 0 aromatic rings. The third-order valence-electron chi connectivity index (χ3n) is 7.46. The first kappa shape index (κ1) is 43.1. The topological polar surface area (TPSA) is 136 Å². The Labute approximate surface area is 286 Å². The van der Waals surface area contributed by atoms with Crippen molar-refractivity contribution in [2.75, 3.05) is 46.1 Å². The molecule has 0 bridgehead atoms. The molecule has 0 aromatic heterocycles. The van der Waals surface area contributed by atoms with Gasteiger partial charge in [0.2, 0.25) is 0 Å². The summed E-state index contributed by atoms with van der Waals surface area (Å²) in [6, 6.07) is 0. The highest BCUT2D eigenvalue weighted by Crippen LogP contribution is 2.35. The van der Waals surface area contributed by atoms with Gasteiger partial charge in [0.15, 0.2) is 23.7 Å². The van der Waals surface area contributed by atoms with Crippen molar-refractivity contribution in [1.29, 1.82) is 0 Å². The molecule has 0 aromatic carbocycles. The molecule has 13 heteroatoms. The van der Waals surface area contributed by atoms with Crippen molar-refractivity contribution >= 4 is 35.8 Å². The number of unbranched alkanes of at least 4 members (excludes halogenated alkanes) is 10. The molecule has 5 atom stereocenters. The minimum atomic E-state index is -1.21. The van der Waals surface area contributed by atoms with E-state index in [1.807, 2.05) is 4.31 Å². The fourth-order valence-corrected chi connectivity index (χ4v) is 6.32. The minimum absolute atomic E-state index is 0.266. The summed E-state index contributed by atoms with van der Waals surface area (Å²) in [4.78, 5) is 48.2. The lowest BCUT2D eigenvalue weighted by Crippen LogP contribution is -2.62. The van der Waals surface area contributed by atoms with Gasteiger partial charge in [-0.15, -0.1) is 0 Å². The van der Waals surface area contributed by atoms with Crippen molar-refractivity contribution in [3.63, 3.8) is 0 Å². The molecule has 47 heavy (non-hydrogen) atoms. The Hall–Kier alpha value is -1.93. The lowest BCUT2D eigenvalue weighted by atomic mass is 9.99. The van der Waals surface area contributed by atoms with Gasteiger partial charge in [-0.2, -0.15) is 0 Å². The highest BCUT2D eigenvalue weighted by molar-refractivity contribution is 7.97. The highest BCUT2D eigenvalue weighted by Gasteiger charge is 2.52. The standard InChI is InChI=1S/C34H61NO11S/c1-7-9-11-13-15-17-21-40-23-19-35(20-24-41-22-18-16-14-12-10-8-2)47-34-33(45-29(6)39)32(44-28(5)38)31(43-27(4)37)30(46-34)25-42-26(3)36/h30-34H,7-25H2,1-6H3/t30-,31-,32+,33-,34+/m1/s1. The fraction of sp³-hybridized carbons (Fsp3) is 0.882. The average Bonchev–Trinajstić information content (AvgIpc) is 3.00. The largest absolute Gasteiger partial charge is 0.463 e. The molecule has 1 aliphatic rings. The van der Waals surface area contributed by atoms with Gasteiger partial charge in [-0.1, -0.05) is 78.1 Å². The Morgan fingerprint density at radius 1 is 0.574 bits per heavy atom. The molecule has 0 unspecified atom stereocenters. The second kappa shape index (κ2) is 27.0. The summed E-state index contributed by atoms with van der Waals surface area (Å²) in [5.41, 5.74) is -0.896. The van der Waals surface area contributed by atoms with Gasteiger partial charge in [0, 0.05) is 54.0 Å². The van der Waals surface area contributed by atoms with Gasteiger partial charge in [0.25, 0.3) is 0 Å². The third kappa shape index (κ3) is 20.9. The third-order valence-corrected chi connectivity index (χ3v) is 8.71. The van der Waals surface area contributed by atoms with Gasteiger partial charge >= 0.3 is 23.9 Å². The Bertz CT molecular complexity index is 855. The Morgan fingerprint density at radius 3 is 1.49 bits per heavy atom. The summed E-state index contributed by atoms with van der Waals surface area (Å²) in [5, 5.41) is 0. The van der Waals surface area contributed by atoms with E-state index in [4.69, 9.17) is 33.2 Å². The maximum atomic E-state index is 12.3. The zero-order chi connectivity index (χ0) is 34.9. The Balaban J connectivity index is 3.04. The lowest BCUT2D eigenvalue weighted by molar-refractivity contribution is -0.237. The fourth-order valence-electron chi connectivity index (χ4n) is 5.14. The summed E-state index contributed by atoms with van der Waals surface area (Å²) in [6.07, 6.45) is 9.59. The van der Waals surface area contributed by atoms with Crippen LogP contribution < -0.4 is 0 Å². The van der Waals surface area contributed by atoms with E-state index in [0.29, 0.717) is 39.5 Å². The molecule has 0 N–H and O–H groups in total. The predicted octanol–water partition coefficient (Wildman–Crippen LogP) is 5.77. The van der Waals surface area contributed by atoms with E-state index >= 15 is 0 Å². The van der Waals surface area contributed by atoms with Crippen molar-refractivity contribution in [2.24, 2.45) is 0 Å². The number of nitrogens with zero attached hydrogens (tertiary/aromatic N) is 1. The van der Waals surface area contributed by atoms with Gasteiger partial charge in [0.05, 0.1) is 13.2 Å². The molecule has 0 radical (unpaired) electrons. The normalized spacial score (nSPS) is 21.0. The molecule has 0 spiro atoms. The van der Waals surface area contributed by atoms with Crippen LogP contribution in [-0.4, -0.2) is 104 Å². The van der Waals surface area contributed by atoms with Crippen molar-refractivity contribution < 1.29 is 52.3 Å². The molecule has 1 heterocycles. The van der Waals surface area contributed by atoms with Crippen molar-refractivity contribution in [3.05, 3.63) is 0 Å². The Morgan fingerprint density at radius 2 is 1.02 bits per heavy atom. The van der Waals surface area contributed by atoms with E-state index in [0.717, 1.165) is 25.7 Å². The molecule has 0 aliphatic carbocycles. The number of carbonyl (C=O) groups excluding carboxylic acids is 4. The first-order valence-corrected chi connectivity index (χ1v) is 18.3. The first-order chi connectivity index (χ1) is 22.6. The quantitative estimate of drug-likeness (QED) is 0.0446. The summed E-state index contributed by atoms with van der Waals surface area (Å²) >= 11 is 1.26. The predicted molar refractivity (Wildman–Crippen MR) is 180 cm³/mol. The number of hydrogen-bond donors (Lipinski definition) is 0. The number of hydrogen-bond acceptors (Lipinski definition) is 13. The highest BCUT2D eigenvalue weighted by atomic mass is 32.2. The van der Waals surface area contributed by atoms with E-state index in [1.54, 1.807) is 0 Å². The van der Waals surface area contributed by atoms with Crippen molar-refractivity contribution in [1.82, 2.24) is 4.31 Å². The summed E-state index contributed by atoms with van der Waals surface area (Å²) in [6.45, 7) is 12.3. The van der Waals surface area contributed by atoms with Gasteiger partial charge in [0.1, 0.15) is 12.7 Å². The smallest absolute Gasteiger partial charge is 0.303 e. The number of rotatable bonds is 27. The molecule has 1 aliphatic heterocycles. The van der Waals surface area contributed by atoms with Crippen molar-refractivity contribution in [3.8, 4) is 0 Å². The van der Waals surface area contributed by atoms with Crippen LogP contribution in [-0.2, 0) is 52.3 Å². The lowest BCUT2D eigenvalue weighted by Gasteiger charge is -2.45. The molecule has 12 nitrogen and oxygen atoms in total. The van der Waals surface area contributed by atoms with Crippen LogP contribution >= 0.6 is 11.9 Å². The van der Waals surface area contributed by atoms with Gasteiger partial charge in [-0.3, -0.25) is 19.2 Å². The van der Waals surface area contributed by atoms with Gasteiger partial charge < -0.3 is 33.2 Å². The monoisotopic (exact) mass is 691 g/mol. The molecule has 274 valence electrons. The minimum Gasteiger partial charge on any atom is -0.463 e. The molecule has 1 rings (SSSR count). The van der Waals surface area contributed by atoms with E-state index in [2.05, 4.69) is 13.8 Å². The van der Waals surface area contributed by atoms with E-state index in [9.17, 15) is 19.2 Å². The van der Waals surface area contributed by atoms with Gasteiger partial charge in [-0.25, -0.2) is 4.31 Å². The summed E-state index contributed by atoms with van der Waals surface area (Å²) in [5.74, 6) is -2.51. The number of carbonyl (C=O) groups is 4. The van der Waals surface area contributed by atoms with Gasteiger partial charge in [-0.05, 0) is 24.8 Å². The van der Waals surface area contributed by atoms with Crippen LogP contribution in [0.15, 0.2) is 0 Å². The molecule has 0 saturated carbocycles. The van der Waals surface area contributed by atoms with E-state index < -0.39 is 53.7 Å². The van der Waals surface area contributed by atoms with Crippen molar-refractivity contribution in [2.45, 2.75) is 148 Å². The zero-order valence-corrected chi connectivity index (χ0v) is 30.5. The summed E-state index contributed by atoms with van der Waals surface area (Å²) < 4.78 is 42.2. The van der Waals surface area contributed by atoms with Crippen LogP contribution in [0.3, 0.4) is 0 Å². The second-order valence-electron chi connectivity index (χ2n) is 11.9. The molecule has 1 fully saturated rings. The number of esters is 4. The molecular formula is C34H61NO11S. The van der Waals surface area contributed by atoms with Crippen LogP contribution in [0.25, 0.3) is 0 Å². The number of ether oxygens (including phenoxy) is 7. The first-order valence-electron chi connectivity index (χ1n) is 17.5. The van der Waals surface area contributed by atoms with Crippen LogP contribution in [0, 0.1) is 0 Å². The van der Waals surface area contributed by atoms with Crippen LogP contribution in [0.1, 0.15) is 119 Å².